The Morgan fingerprint density at radius 3 is 2.31 bits per heavy atom. The third kappa shape index (κ3) is 2.28. The molecule has 4 heteroatoms. The number of hydrogen-bond donors (Lipinski definition) is 1. The van der Waals surface area contributed by atoms with E-state index in [2.05, 4.69) is 0 Å². The fraction of sp³-hybridized carbons (Fsp3) is 0.500. The fourth-order valence-corrected chi connectivity index (χ4v) is 2.68. The first kappa shape index (κ1) is 11.6. The van der Waals surface area contributed by atoms with Gasteiger partial charge < -0.3 is 5.73 Å². The number of rotatable bonds is 4. The van der Waals surface area contributed by atoms with Gasteiger partial charge in [-0.1, -0.05) is 19.1 Å². The van der Waals surface area contributed by atoms with Crippen LogP contribution in [-0.2, 0) is 9.84 Å². The van der Waals surface area contributed by atoms with E-state index >= 15 is 0 Å². The van der Waals surface area contributed by atoms with Crippen molar-refractivity contribution in [2.24, 2.45) is 11.7 Å². The fourth-order valence-electron chi connectivity index (χ4n) is 1.79. The summed E-state index contributed by atoms with van der Waals surface area (Å²) in [6.07, 6.45) is 2.38. The van der Waals surface area contributed by atoms with Crippen molar-refractivity contribution < 1.29 is 8.42 Å². The van der Waals surface area contributed by atoms with Crippen LogP contribution in [0.1, 0.15) is 31.4 Å². The zero-order valence-corrected chi connectivity index (χ0v) is 10.2. The van der Waals surface area contributed by atoms with Crippen LogP contribution in [0.15, 0.2) is 29.2 Å². The van der Waals surface area contributed by atoms with Gasteiger partial charge >= 0.3 is 0 Å². The van der Waals surface area contributed by atoms with Crippen LogP contribution in [0.2, 0.25) is 0 Å². The molecule has 0 aliphatic heterocycles. The zero-order valence-electron chi connectivity index (χ0n) is 9.39. The lowest BCUT2D eigenvalue weighted by Crippen LogP contribution is -2.12. The maximum absolute atomic E-state index is 11.6. The summed E-state index contributed by atoms with van der Waals surface area (Å²) >= 11 is 0. The van der Waals surface area contributed by atoms with E-state index in [0.717, 1.165) is 5.56 Å². The van der Waals surface area contributed by atoms with Crippen LogP contribution in [0.4, 0.5) is 0 Å². The SMILES string of the molecule is CCS(=O)(=O)c1ccc(C(N)C2CC2)cc1. The summed E-state index contributed by atoms with van der Waals surface area (Å²) in [5.74, 6) is 0.731. The van der Waals surface area contributed by atoms with Gasteiger partial charge in [-0.05, 0) is 36.5 Å². The lowest BCUT2D eigenvalue weighted by molar-refractivity contribution is 0.596. The molecule has 0 heterocycles. The Kier molecular flexibility index (Phi) is 3.04. The van der Waals surface area contributed by atoms with Gasteiger partial charge in [0.2, 0.25) is 0 Å². The van der Waals surface area contributed by atoms with E-state index < -0.39 is 9.84 Å². The number of nitrogens with two attached hydrogens (primary N) is 1. The van der Waals surface area contributed by atoms with Crippen LogP contribution in [0.5, 0.6) is 0 Å². The third-order valence-corrected chi connectivity index (χ3v) is 4.88. The molecular formula is C12H17NO2S. The Morgan fingerprint density at radius 2 is 1.88 bits per heavy atom. The molecule has 1 fully saturated rings. The number of sulfone groups is 1. The summed E-state index contributed by atoms with van der Waals surface area (Å²) < 4.78 is 23.2. The predicted octanol–water partition coefficient (Wildman–Crippen LogP) is 1.89. The van der Waals surface area contributed by atoms with E-state index in [1.54, 1.807) is 19.1 Å². The second kappa shape index (κ2) is 4.18. The van der Waals surface area contributed by atoms with Crippen molar-refractivity contribution in [3.63, 3.8) is 0 Å². The molecule has 0 spiro atoms. The molecule has 3 nitrogen and oxygen atoms in total. The monoisotopic (exact) mass is 239 g/mol. The zero-order chi connectivity index (χ0) is 11.8. The molecule has 1 atom stereocenters. The van der Waals surface area contributed by atoms with Gasteiger partial charge in [-0.25, -0.2) is 8.42 Å². The predicted molar refractivity (Wildman–Crippen MR) is 63.8 cm³/mol. The minimum Gasteiger partial charge on any atom is -0.324 e. The molecule has 1 aromatic rings. The van der Waals surface area contributed by atoms with E-state index in [1.165, 1.54) is 12.8 Å². The number of hydrogen-bond acceptors (Lipinski definition) is 3. The first-order valence-corrected chi connectivity index (χ1v) is 7.28. The largest absolute Gasteiger partial charge is 0.324 e. The molecule has 88 valence electrons. The van der Waals surface area contributed by atoms with Gasteiger partial charge in [-0.3, -0.25) is 0 Å². The van der Waals surface area contributed by atoms with Gasteiger partial charge in [0, 0.05) is 6.04 Å². The molecule has 0 saturated heterocycles. The van der Waals surface area contributed by atoms with Gasteiger partial charge in [0.05, 0.1) is 10.6 Å². The van der Waals surface area contributed by atoms with Crippen molar-refractivity contribution in [3.05, 3.63) is 29.8 Å². The average Bonchev–Trinajstić information content (AvgIpc) is 3.12. The van der Waals surface area contributed by atoms with Crippen LogP contribution < -0.4 is 5.73 Å². The van der Waals surface area contributed by atoms with Crippen molar-refractivity contribution >= 4 is 9.84 Å². The van der Waals surface area contributed by atoms with Crippen LogP contribution in [0.3, 0.4) is 0 Å². The molecule has 1 aliphatic rings. The maximum Gasteiger partial charge on any atom is 0.178 e. The van der Waals surface area contributed by atoms with Crippen molar-refractivity contribution in [2.75, 3.05) is 5.75 Å². The van der Waals surface area contributed by atoms with Gasteiger partial charge in [0.1, 0.15) is 0 Å². The van der Waals surface area contributed by atoms with Crippen LogP contribution in [0.25, 0.3) is 0 Å². The lowest BCUT2D eigenvalue weighted by atomic mass is 10.0. The van der Waals surface area contributed by atoms with Crippen LogP contribution >= 0.6 is 0 Å². The quantitative estimate of drug-likeness (QED) is 0.872. The normalized spacial score (nSPS) is 18.4. The van der Waals surface area contributed by atoms with E-state index in [0.29, 0.717) is 10.8 Å². The Morgan fingerprint density at radius 1 is 1.31 bits per heavy atom. The molecule has 1 aliphatic carbocycles. The standard InChI is InChI=1S/C12H17NO2S/c1-2-16(14,15)11-7-5-10(6-8-11)12(13)9-3-4-9/h5-9,12H,2-4,13H2,1H3. The highest BCUT2D eigenvalue weighted by Crippen LogP contribution is 2.39. The minimum atomic E-state index is -3.09. The van der Waals surface area contributed by atoms with E-state index in [9.17, 15) is 8.42 Å². The summed E-state index contributed by atoms with van der Waals surface area (Å²) in [4.78, 5) is 0.391. The molecule has 1 saturated carbocycles. The van der Waals surface area contributed by atoms with Crippen molar-refractivity contribution in [1.29, 1.82) is 0 Å². The van der Waals surface area contributed by atoms with Crippen molar-refractivity contribution in [3.8, 4) is 0 Å². The molecule has 0 bridgehead atoms. The van der Waals surface area contributed by atoms with Crippen LogP contribution in [0, 0.1) is 5.92 Å². The topological polar surface area (TPSA) is 60.2 Å². The van der Waals surface area contributed by atoms with Crippen molar-refractivity contribution in [2.45, 2.75) is 30.7 Å². The van der Waals surface area contributed by atoms with Crippen LogP contribution in [-0.4, -0.2) is 14.2 Å². The Balaban J connectivity index is 2.22. The van der Waals surface area contributed by atoms with Gasteiger partial charge in [0.25, 0.3) is 0 Å². The molecule has 2 rings (SSSR count). The minimum absolute atomic E-state index is 0.0679. The Bertz CT molecular complexity index is 460. The summed E-state index contributed by atoms with van der Waals surface area (Å²) in [6, 6.07) is 7.07. The highest BCUT2D eigenvalue weighted by Gasteiger charge is 2.29. The Hall–Kier alpha value is -0.870. The molecular weight excluding hydrogens is 222 g/mol. The smallest absolute Gasteiger partial charge is 0.178 e. The molecule has 0 aromatic heterocycles. The van der Waals surface area contributed by atoms with E-state index in [1.807, 2.05) is 12.1 Å². The van der Waals surface area contributed by atoms with E-state index in [-0.39, 0.29) is 11.8 Å². The molecule has 2 N–H and O–H groups in total. The highest BCUT2D eigenvalue weighted by molar-refractivity contribution is 7.91. The molecule has 0 radical (unpaired) electrons. The molecule has 1 aromatic carbocycles. The third-order valence-electron chi connectivity index (χ3n) is 3.13. The van der Waals surface area contributed by atoms with E-state index in [4.69, 9.17) is 5.73 Å². The summed E-state index contributed by atoms with van der Waals surface area (Å²) in [5.41, 5.74) is 7.08. The molecule has 1 unspecified atom stereocenters. The first-order chi connectivity index (χ1) is 7.54. The highest BCUT2D eigenvalue weighted by atomic mass is 32.2. The molecule has 16 heavy (non-hydrogen) atoms. The Labute approximate surface area is 96.6 Å². The number of benzene rings is 1. The second-order valence-electron chi connectivity index (χ2n) is 4.34. The summed E-state index contributed by atoms with van der Waals surface area (Å²) in [6.45, 7) is 1.65. The second-order valence-corrected chi connectivity index (χ2v) is 6.61. The lowest BCUT2D eigenvalue weighted by Gasteiger charge is -2.11. The summed E-state index contributed by atoms with van der Waals surface area (Å²) in [7, 11) is -3.09. The molecule has 0 amide bonds. The maximum atomic E-state index is 11.6. The summed E-state index contributed by atoms with van der Waals surface area (Å²) in [5, 5.41) is 0. The average molecular weight is 239 g/mol. The van der Waals surface area contributed by atoms with Gasteiger partial charge in [-0.2, -0.15) is 0 Å². The van der Waals surface area contributed by atoms with Crippen molar-refractivity contribution in [1.82, 2.24) is 0 Å². The van der Waals surface area contributed by atoms with Gasteiger partial charge in [0.15, 0.2) is 9.84 Å². The van der Waals surface area contributed by atoms with Gasteiger partial charge in [-0.15, -0.1) is 0 Å². The first-order valence-electron chi connectivity index (χ1n) is 5.63.